The third-order valence-corrected chi connectivity index (χ3v) is 11.0. The predicted molar refractivity (Wildman–Crippen MR) is 202 cm³/mol. The fourth-order valence-corrected chi connectivity index (χ4v) is 8.74. The van der Waals surface area contributed by atoms with Gasteiger partial charge in [-0.1, -0.05) is 135 Å². The molecule has 1 nitrogen and oxygen atoms in total. The average Bonchev–Trinajstić information content (AvgIpc) is 3.62. The van der Waals surface area contributed by atoms with Crippen LogP contribution in [0.15, 0.2) is 164 Å². The van der Waals surface area contributed by atoms with Crippen LogP contribution in [0.5, 0.6) is 0 Å². The smallest absolute Gasteiger partial charge is 0.0554 e. The lowest BCUT2D eigenvalue weighted by molar-refractivity contribution is 0.660. The second kappa shape index (κ2) is 10.8. The van der Waals surface area contributed by atoms with E-state index in [9.17, 15) is 0 Å². The van der Waals surface area contributed by atoms with Crippen LogP contribution in [0.3, 0.4) is 0 Å². The number of rotatable bonds is 5. The molecule has 0 saturated heterocycles. The molecule has 0 unspecified atom stereocenters. The Morgan fingerprint density at radius 3 is 1.96 bits per heavy atom. The fraction of sp³-hybridized carbons (Fsp3) is 0.0667. The predicted octanol–water partition coefficient (Wildman–Crippen LogP) is 13.2. The van der Waals surface area contributed by atoms with Gasteiger partial charge in [-0.25, -0.2) is 0 Å². The second-order valence-electron chi connectivity index (χ2n) is 12.9. The van der Waals surface area contributed by atoms with Crippen molar-refractivity contribution in [2.24, 2.45) is 0 Å². The van der Waals surface area contributed by atoms with Crippen LogP contribution in [-0.4, -0.2) is 0 Å². The SMILES string of the molecule is CC1(C)c2ccc(N(c3cccc(-c4ccccc4)c3)c3cccc4sc5ccccc5c34)cc2-c2c(-c3ccccc3)cccc21. The molecule has 0 N–H and O–H groups in total. The largest absolute Gasteiger partial charge is 0.310 e. The van der Waals surface area contributed by atoms with Gasteiger partial charge in [0.25, 0.3) is 0 Å². The highest BCUT2D eigenvalue weighted by molar-refractivity contribution is 7.26. The van der Waals surface area contributed by atoms with Gasteiger partial charge in [0.05, 0.1) is 5.69 Å². The normalized spacial score (nSPS) is 13.1. The van der Waals surface area contributed by atoms with E-state index in [0.29, 0.717) is 0 Å². The van der Waals surface area contributed by atoms with Gasteiger partial charge in [-0.3, -0.25) is 0 Å². The van der Waals surface area contributed by atoms with E-state index in [1.807, 2.05) is 11.3 Å². The minimum atomic E-state index is -0.102. The monoisotopic (exact) mass is 619 g/mol. The summed E-state index contributed by atoms with van der Waals surface area (Å²) in [6, 6.07) is 60.0. The van der Waals surface area contributed by atoms with E-state index in [0.717, 1.165) is 11.4 Å². The van der Waals surface area contributed by atoms with Gasteiger partial charge in [-0.05, 0) is 87.0 Å². The Morgan fingerprint density at radius 2 is 1.13 bits per heavy atom. The Balaban J connectivity index is 1.32. The summed E-state index contributed by atoms with van der Waals surface area (Å²) in [7, 11) is 0. The number of fused-ring (bicyclic) bond motifs is 6. The summed E-state index contributed by atoms with van der Waals surface area (Å²) in [5, 5.41) is 2.59. The molecule has 0 spiro atoms. The highest BCUT2D eigenvalue weighted by Crippen LogP contribution is 2.54. The molecule has 224 valence electrons. The quantitative estimate of drug-likeness (QED) is 0.185. The molecule has 47 heavy (non-hydrogen) atoms. The number of anilines is 3. The van der Waals surface area contributed by atoms with Gasteiger partial charge in [0, 0.05) is 37.0 Å². The van der Waals surface area contributed by atoms with Crippen LogP contribution in [0, 0.1) is 0 Å². The molecule has 0 radical (unpaired) electrons. The maximum absolute atomic E-state index is 2.48. The van der Waals surface area contributed by atoms with Crippen LogP contribution in [0.4, 0.5) is 17.1 Å². The van der Waals surface area contributed by atoms with Crippen molar-refractivity contribution in [2.45, 2.75) is 19.3 Å². The molecule has 1 aliphatic carbocycles. The molecule has 1 aliphatic rings. The van der Waals surface area contributed by atoms with Gasteiger partial charge < -0.3 is 4.90 Å². The minimum absolute atomic E-state index is 0.102. The molecule has 0 fully saturated rings. The number of benzene rings is 7. The van der Waals surface area contributed by atoms with Crippen molar-refractivity contribution in [3.8, 4) is 33.4 Å². The van der Waals surface area contributed by atoms with E-state index < -0.39 is 0 Å². The lowest BCUT2D eigenvalue weighted by Gasteiger charge is -2.28. The highest BCUT2D eigenvalue weighted by atomic mass is 32.1. The van der Waals surface area contributed by atoms with Crippen LogP contribution in [-0.2, 0) is 5.41 Å². The van der Waals surface area contributed by atoms with Crippen molar-refractivity contribution in [3.05, 3.63) is 175 Å². The molecule has 1 heterocycles. The van der Waals surface area contributed by atoms with Gasteiger partial charge >= 0.3 is 0 Å². The van der Waals surface area contributed by atoms with Gasteiger partial charge in [-0.2, -0.15) is 0 Å². The van der Waals surface area contributed by atoms with Crippen molar-refractivity contribution >= 4 is 48.6 Å². The molecule has 9 rings (SSSR count). The van der Waals surface area contributed by atoms with Gasteiger partial charge in [0.15, 0.2) is 0 Å². The lowest BCUT2D eigenvalue weighted by Crippen LogP contribution is -2.15. The van der Waals surface area contributed by atoms with Crippen molar-refractivity contribution in [1.82, 2.24) is 0 Å². The first kappa shape index (κ1) is 27.8. The Kier molecular flexibility index (Phi) is 6.41. The zero-order valence-electron chi connectivity index (χ0n) is 26.4. The fourth-order valence-electron chi connectivity index (χ4n) is 7.61. The summed E-state index contributed by atoms with van der Waals surface area (Å²) in [4.78, 5) is 2.48. The summed E-state index contributed by atoms with van der Waals surface area (Å²) < 4.78 is 2.61. The molecule has 2 heteroatoms. The van der Waals surface area contributed by atoms with E-state index >= 15 is 0 Å². The topological polar surface area (TPSA) is 3.24 Å². The summed E-state index contributed by atoms with van der Waals surface area (Å²) in [5.41, 5.74) is 13.8. The van der Waals surface area contributed by atoms with E-state index in [-0.39, 0.29) is 5.41 Å². The molecule has 0 aliphatic heterocycles. The minimum Gasteiger partial charge on any atom is -0.310 e. The Morgan fingerprint density at radius 1 is 0.468 bits per heavy atom. The highest BCUT2D eigenvalue weighted by Gasteiger charge is 2.37. The van der Waals surface area contributed by atoms with Crippen LogP contribution >= 0.6 is 11.3 Å². The summed E-state index contributed by atoms with van der Waals surface area (Å²) >= 11 is 1.87. The van der Waals surface area contributed by atoms with Gasteiger partial charge in [-0.15, -0.1) is 11.3 Å². The third-order valence-electron chi connectivity index (χ3n) is 9.86. The summed E-state index contributed by atoms with van der Waals surface area (Å²) in [6.45, 7) is 4.73. The van der Waals surface area contributed by atoms with Crippen LogP contribution in [0.25, 0.3) is 53.6 Å². The van der Waals surface area contributed by atoms with Crippen molar-refractivity contribution in [3.63, 3.8) is 0 Å². The number of nitrogens with zero attached hydrogens (tertiary/aromatic N) is 1. The van der Waals surface area contributed by atoms with E-state index in [2.05, 4.69) is 183 Å². The van der Waals surface area contributed by atoms with Crippen molar-refractivity contribution in [1.29, 1.82) is 0 Å². The first-order valence-corrected chi connectivity index (χ1v) is 17.1. The molecule has 8 aromatic rings. The number of hydrogen-bond acceptors (Lipinski definition) is 2. The molecular formula is C45H33NS. The molecule has 0 saturated carbocycles. The average molecular weight is 620 g/mol. The van der Waals surface area contributed by atoms with Crippen LogP contribution < -0.4 is 4.90 Å². The second-order valence-corrected chi connectivity index (χ2v) is 14.0. The maximum Gasteiger partial charge on any atom is 0.0554 e. The molecular weight excluding hydrogens is 587 g/mol. The Hall–Kier alpha value is -5.44. The van der Waals surface area contributed by atoms with Gasteiger partial charge in [0.2, 0.25) is 0 Å². The molecule has 1 aromatic heterocycles. The standard InChI is InChI=1S/C45H33NS/c1-45(2)38-27-26-34(29-37(38)43-35(21-12-22-39(43)45)31-16-7-4-8-17-31)46(33-19-11-18-32(28-33)30-14-5-3-6-15-30)40-23-13-25-42-44(40)36-20-9-10-24-41(36)47-42/h3-29H,1-2H3. The first-order chi connectivity index (χ1) is 23.1. The summed E-state index contributed by atoms with van der Waals surface area (Å²) in [5.74, 6) is 0. The molecule has 7 aromatic carbocycles. The molecule has 0 bridgehead atoms. The lowest BCUT2D eigenvalue weighted by atomic mass is 9.82. The first-order valence-electron chi connectivity index (χ1n) is 16.3. The molecule has 0 atom stereocenters. The zero-order valence-corrected chi connectivity index (χ0v) is 27.3. The van der Waals surface area contributed by atoms with Crippen molar-refractivity contribution in [2.75, 3.05) is 4.90 Å². The Labute approximate surface area is 280 Å². The van der Waals surface area contributed by atoms with Crippen LogP contribution in [0.2, 0.25) is 0 Å². The Bertz CT molecular complexity index is 2440. The third kappa shape index (κ3) is 4.44. The van der Waals surface area contributed by atoms with E-state index in [4.69, 9.17) is 0 Å². The summed E-state index contributed by atoms with van der Waals surface area (Å²) in [6.07, 6.45) is 0. The van der Waals surface area contributed by atoms with Crippen LogP contribution in [0.1, 0.15) is 25.0 Å². The number of thiophene rings is 1. The number of hydrogen-bond donors (Lipinski definition) is 0. The van der Waals surface area contributed by atoms with E-state index in [1.165, 1.54) is 70.4 Å². The van der Waals surface area contributed by atoms with Crippen molar-refractivity contribution < 1.29 is 0 Å². The van der Waals surface area contributed by atoms with E-state index in [1.54, 1.807) is 0 Å². The maximum atomic E-state index is 2.48. The molecule has 0 amide bonds. The zero-order chi connectivity index (χ0) is 31.5. The van der Waals surface area contributed by atoms with Gasteiger partial charge in [0.1, 0.15) is 0 Å².